The first-order valence-electron chi connectivity index (χ1n) is 8.32. The van der Waals surface area contributed by atoms with Gasteiger partial charge in [-0.2, -0.15) is 0 Å². The fourth-order valence-electron chi connectivity index (χ4n) is 2.93. The van der Waals surface area contributed by atoms with Gasteiger partial charge in [0.1, 0.15) is 5.60 Å². The van der Waals surface area contributed by atoms with Crippen LogP contribution in [0.2, 0.25) is 0 Å². The molecule has 5 heteroatoms. The van der Waals surface area contributed by atoms with Crippen LogP contribution in [-0.2, 0) is 14.3 Å². The molecule has 22 heavy (non-hydrogen) atoms. The number of carbonyl (C=O) groups is 2. The molecule has 1 saturated heterocycles. The van der Waals surface area contributed by atoms with Gasteiger partial charge in [0.15, 0.2) is 0 Å². The standard InChI is InChI=1S/C17H31NO4/c1-6-7-14(15(19)21-5)12-13-8-10-18(11-9-13)16(20)22-17(2,3)4/h13-14H,6-12H2,1-5H3. The van der Waals surface area contributed by atoms with Crippen molar-refractivity contribution in [2.75, 3.05) is 20.2 Å². The van der Waals surface area contributed by atoms with Crippen molar-refractivity contribution in [2.45, 2.75) is 65.4 Å². The second kappa shape index (κ2) is 8.39. The van der Waals surface area contributed by atoms with Gasteiger partial charge in [-0.15, -0.1) is 0 Å². The molecule has 0 aromatic heterocycles. The van der Waals surface area contributed by atoms with Crippen LogP contribution in [0.3, 0.4) is 0 Å². The topological polar surface area (TPSA) is 55.8 Å². The van der Waals surface area contributed by atoms with Crippen LogP contribution in [0, 0.1) is 11.8 Å². The summed E-state index contributed by atoms with van der Waals surface area (Å²) >= 11 is 0. The zero-order chi connectivity index (χ0) is 16.8. The largest absolute Gasteiger partial charge is 0.469 e. The van der Waals surface area contributed by atoms with Crippen LogP contribution in [-0.4, -0.2) is 42.8 Å². The fraction of sp³-hybridized carbons (Fsp3) is 0.882. The molecule has 0 radical (unpaired) electrons. The summed E-state index contributed by atoms with van der Waals surface area (Å²) in [6.07, 6.45) is 4.34. The molecular formula is C17H31NO4. The van der Waals surface area contributed by atoms with E-state index in [-0.39, 0.29) is 18.0 Å². The lowest BCUT2D eigenvalue weighted by atomic mass is 9.85. The number of hydrogen-bond donors (Lipinski definition) is 0. The van der Waals surface area contributed by atoms with E-state index < -0.39 is 5.60 Å². The number of esters is 1. The molecule has 1 atom stereocenters. The average molecular weight is 313 g/mol. The van der Waals surface area contributed by atoms with Crippen molar-refractivity contribution < 1.29 is 19.1 Å². The highest BCUT2D eigenvalue weighted by Gasteiger charge is 2.29. The van der Waals surface area contributed by atoms with Gasteiger partial charge in [0.05, 0.1) is 13.0 Å². The third-order valence-corrected chi connectivity index (χ3v) is 4.06. The van der Waals surface area contributed by atoms with Crippen molar-refractivity contribution in [1.82, 2.24) is 4.90 Å². The Morgan fingerprint density at radius 3 is 2.27 bits per heavy atom. The summed E-state index contributed by atoms with van der Waals surface area (Å²) in [5, 5.41) is 0. The lowest BCUT2D eigenvalue weighted by Crippen LogP contribution is -2.42. The van der Waals surface area contributed by atoms with Gasteiger partial charge in [0.25, 0.3) is 0 Å². The van der Waals surface area contributed by atoms with Crippen molar-refractivity contribution in [3.8, 4) is 0 Å². The third-order valence-electron chi connectivity index (χ3n) is 4.06. The highest BCUT2D eigenvalue weighted by Crippen LogP contribution is 2.28. The van der Waals surface area contributed by atoms with Gasteiger partial charge in [-0.3, -0.25) is 4.79 Å². The van der Waals surface area contributed by atoms with Crippen molar-refractivity contribution in [2.24, 2.45) is 11.8 Å². The molecule has 1 aliphatic rings. The minimum Gasteiger partial charge on any atom is -0.469 e. The number of carbonyl (C=O) groups excluding carboxylic acids is 2. The Hall–Kier alpha value is -1.26. The number of hydrogen-bond acceptors (Lipinski definition) is 4. The molecule has 0 N–H and O–H groups in total. The number of nitrogens with zero attached hydrogens (tertiary/aromatic N) is 1. The van der Waals surface area contributed by atoms with Gasteiger partial charge in [-0.1, -0.05) is 13.3 Å². The SMILES string of the molecule is CCCC(CC1CCN(C(=O)OC(C)(C)C)CC1)C(=O)OC. The Morgan fingerprint density at radius 1 is 1.23 bits per heavy atom. The maximum Gasteiger partial charge on any atom is 0.410 e. The molecule has 1 fully saturated rings. The van der Waals surface area contributed by atoms with Gasteiger partial charge < -0.3 is 14.4 Å². The van der Waals surface area contributed by atoms with E-state index in [9.17, 15) is 9.59 Å². The molecule has 0 bridgehead atoms. The third kappa shape index (κ3) is 6.24. The summed E-state index contributed by atoms with van der Waals surface area (Å²) in [6.45, 7) is 9.14. The summed E-state index contributed by atoms with van der Waals surface area (Å²) in [6, 6.07) is 0. The molecule has 0 aliphatic carbocycles. The number of amides is 1. The molecule has 0 aromatic rings. The first-order chi connectivity index (χ1) is 10.3. The summed E-state index contributed by atoms with van der Waals surface area (Å²) < 4.78 is 10.3. The summed E-state index contributed by atoms with van der Waals surface area (Å²) in [5.74, 6) is 0.374. The van der Waals surface area contributed by atoms with Crippen LogP contribution >= 0.6 is 0 Å². The highest BCUT2D eigenvalue weighted by molar-refractivity contribution is 5.72. The predicted molar refractivity (Wildman–Crippen MR) is 85.6 cm³/mol. The van der Waals surface area contributed by atoms with E-state index in [4.69, 9.17) is 9.47 Å². The average Bonchev–Trinajstić information content (AvgIpc) is 2.45. The zero-order valence-corrected chi connectivity index (χ0v) is 14.7. The lowest BCUT2D eigenvalue weighted by Gasteiger charge is -2.34. The molecule has 0 aromatic carbocycles. The van der Waals surface area contributed by atoms with Crippen molar-refractivity contribution in [3.05, 3.63) is 0 Å². The van der Waals surface area contributed by atoms with Gasteiger partial charge in [0, 0.05) is 13.1 Å². The van der Waals surface area contributed by atoms with Crippen LogP contribution in [0.25, 0.3) is 0 Å². The molecule has 1 rings (SSSR count). The van der Waals surface area contributed by atoms with E-state index in [0.29, 0.717) is 19.0 Å². The minimum absolute atomic E-state index is 0.00641. The van der Waals surface area contributed by atoms with Gasteiger partial charge in [-0.05, 0) is 52.4 Å². The molecule has 5 nitrogen and oxygen atoms in total. The maximum atomic E-state index is 12.0. The number of rotatable bonds is 5. The second-order valence-corrected chi connectivity index (χ2v) is 7.16. The van der Waals surface area contributed by atoms with Crippen LogP contribution in [0.5, 0.6) is 0 Å². The summed E-state index contributed by atoms with van der Waals surface area (Å²) in [4.78, 5) is 25.6. The molecule has 0 spiro atoms. The monoisotopic (exact) mass is 313 g/mol. The second-order valence-electron chi connectivity index (χ2n) is 7.16. The van der Waals surface area contributed by atoms with Gasteiger partial charge >= 0.3 is 12.1 Å². The van der Waals surface area contributed by atoms with Crippen LogP contribution < -0.4 is 0 Å². The van der Waals surface area contributed by atoms with E-state index in [1.165, 1.54) is 7.11 Å². The molecule has 1 aliphatic heterocycles. The van der Waals surface area contributed by atoms with E-state index in [2.05, 4.69) is 6.92 Å². The van der Waals surface area contributed by atoms with Crippen molar-refractivity contribution >= 4 is 12.1 Å². The molecule has 1 amide bonds. The normalized spacial score (nSPS) is 18.0. The molecule has 1 unspecified atom stereocenters. The van der Waals surface area contributed by atoms with Crippen molar-refractivity contribution in [3.63, 3.8) is 0 Å². The molecule has 128 valence electrons. The molecule has 0 saturated carbocycles. The first-order valence-corrected chi connectivity index (χ1v) is 8.32. The Balaban J connectivity index is 2.44. The maximum absolute atomic E-state index is 12.0. The van der Waals surface area contributed by atoms with Gasteiger partial charge in [-0.25, -0.2) is 4.79 Å². The zero-order valence-electron chi connectivity index (χ0n) is 14.7. The van der Waals surface area contributed by atoms with Gasteiger partial charge in [0.2, 0.25) is 0 Å². The highest BCUT2D eigenvalue weighted by atomic mass is 16.6. The number of methoxy groups -OCH3 is 1. The molecule has 1 heterocycles. The first kappa shape index (κ1) is 18.8. The van der Waals surface area contributed by atoms with E-state index in [0.717, 1.165) is 32.1 Å². The van der Waals surface area contributed by atoms with Crippen LogP contribution in [0.1, 0.15) is 59.8 Å². The number of ether oxygens (including phenoxy) is 2. The minimum atomic E-state index is -0.453. The van der Waals surface area contributed by atoms with Crippen LogP contribution in [0.4, 0.5) is 4.79 Å². The lowest BCUT2D eigenvalue weighted by molar-refractivity contribution is -0.146. The van der Waals surface area contributed by atoms with Crippen molar-refractivity contribution in [1.29, 1.82) is 0 Å². The van der Waals surface area contributed by atoms with E-state index in [1.54, 1.807) is 4.90 Å². The number of likely N-dealkylation sites (tertiary alicyclic amines) is 1. The van der Waals surface area contributed by atoms with E-state index in [1.807, 2.05) is 20.8 Å². The predicted octanol–water partition coefficient (Wildman–Crippen LogP) is 3.61. The summed E-state index contributed by atoms with van der Waals surface area (Å²) in [5.41, 5.74) is -0.453. The smallest absolute Gasteiger partial charge is 0.410 e. The Labute approximate surface area is 134 Å². The fourth-order valence-corrected chi connectivity index (χ4v) is 2.93. The summed E-state index contributed by atoms with van der Waals surface area (Å²) in [7, 11) is 1.45. The molecular weight excluding hydrogens is 282 g/mol. The Morgan fingerprint density at radius 2 is 1.82 bits per heavy atom. The quantitative estimate of drug-likeness (QED) is 0.728. The Bertz CT molecular complexity index is 367. The Kier molecular flexibility index (Phi) is 7.17. The van der Waals surface area contributed by atoms with Crippen LogP contribution in [0.15, 0.2) is 0 Å². The number of piperidine rings is 1. The van der Waals surface area contributed by atoms with E-state index >= 15 is 0 Å².